The maximum Gasteiger partial charge on any atom is 3.00 e. The van der Waals surface area contributed by atoms with Crippen molar-refractivity contribution in [1.29, 1.82) is 0 Å². The molecule has 0 bridgehead atoms. The number of aliphatic imine (C=N–C) groups is 4. The molecule has 0 spiro atoms. The summed E-state index contributed by atoms with van der Waals surface area (Å²) in [7, 11) is -11.9. The molecule has 0 unspecified atom stereocenters. The Hall–Kier alpha value is 2.55. The molecule has 0 heterocycles. The molecule has 0 amide bonds. The summed E-state index contributed by atoms with van der Waals surface area (Å²) >= 11 is 9.30. The number of hydrogen-bond acceptors (Lipinski definition) is 6. The van der Waals surface area contributed by atoms with Crippen molar-refractivity contribution in [3.63, 3.8) is 0 Å². The van der Waals surface area contributed by atoms with Crippen molar-refractivity contribution in [2.45, 2.75) is 502 Å². The van der Waals surface area contributed by atoms with E-state index in [1.807, 2.05) is 0 Å². The molecule has 0 atom stereocenters. The summed E-state index contributed by atoms with van der Waals surface area (Å²) in [6, 6.07) is 4.19. The summed E-state index contributed by atoms with van der Waals surface area (Å²) in [4.78, 5) is 21.2. The van der Waals surface area contributed by atoms with Crippen LogP contribution in [0.3, 0.4) is 0 Å². The van der Waals surface area contributed by atoms with Crippen molar-refractivity contribution in [2.24, 2.45) is 20.0 Å². The molecule has 8 fully saturated rings. The summed E-state index contributed by atoms with van der Waals surface area (Å²) in [5.74, 6) is 6.49. The van der Waals surface area contributed by atoms with Gasteiger partial charge < -0.3 is 83.4 Å². The van der Waals surface area contributed by atoms with Crippen molar-refractivity contribution in [3.05, 3.63) is 21.3 Å². The standard InChI is InChI=1S/4C19H40N3Si2.2C4H10S.2Yb/c4*1-23(2,3)22(24(4,5)6)19(20-17-13-9-7-10-14-17)21-18-15-11-8-12-16-18;2*1-2-3-4-5;;/h4*17-18H,7-16H2,1-6H3;2*5H,2-4H2,1H3;;/q4*-1;;;2*+3/p-2. The van der Waals surface area contributed by atoms with Crippen LogP contribution in [0.25, 0.3) is 21.3 Å². The van der Waals surface area contributed by atoms with Gasteiger partial charge in [0.2, 0.25) is 0 Å². The van der Waals surface area contributed by atoms with Gasteiger partial charge in [-0.25, -0.2) is 0 Å². The zero-order valence-electron chi connectivity index (χ0n) is 75.9. The average molecular weight is 1990 g/mol. The van der Waals surface area contributed by atoms with E-state index in [0.29, 0.717) is 48.3 Å². The number of unbranched alkanes of at least 4 members (excludes halogenated alkanes) is 2. The predicted octanol–water partition coefficient (Wildman–Crippen LogP) is 28.1. The second-order valence-electron chi connectivity index (χ2n) is 41.4. The first kappa shape index (κ1) is 109. The molecule has 2 radical (unpaired) electrons. The van der Waals surface area contributed by atoms with Crippen LogP contribution in [0.15, 0.2) is 20.0 Å². The van der Waals surface area contributed by atoms with Gasteiger partial charge in [-0.1, -0.05) is 351 Å². The molecule has 0 N–H and O–H groups in total. The minimum absolute atomic E-state index is 0. The van der Waals surface area contributed by atoms with Crippen molar-refractivity contribution in [2.75, 3.05) is 11.5 Å². The Labute approximate surface area is 770 Å². The Kier molecular flexibility index (Phi) is 55.8. The molecule has 0 aromatic heterocycles. The van der Waals surface area contributed by atoms with Gasteiger partial charge in [0.15, 0.2) is 0 Å². The van der Waals surface area contributed by atoms with Gasteiger partial charge >= 0.3 is 93.8 Å². The van der Waals surface area contributed by atoms with Crippen LogP contribution in [0.1, 0.15) is 296 Å². The fourth-order valence-electron chi connectivity index (χ4n) is 18.3. The van der Waals surface area contributed by atoms with Gasteiger partial charge in [-0.2, -0.15) is 11.5 Å². The molecule has 8 rings (SSSR count). The van der Waals surface area contributed by atoms with Crippen molar-refractivity contribution < 1.29 is 93.8 Å². The van der Waals surface area contributed by atoms with Crippen LogP contribution in [0.4, 0.5) is 0 Å². The van der Waals surface area contributed by atoms with E-state index in [-0.39, 0.29) is 93.8 Å². The van der Waals surface area contributed by atoms with Gasteiger partial charge in [-0.05, 0) is 151 Å². The second kappa shape index (κ2) is 55.5. The normalized spacial score (nSPS) is 20.8. The van der Waals surface area contributed by atoms with Crippen LogP contribution in [-0.4, -0.2) is 166 Å². The summed E-state index contributed by atoms with van der Waals surface area (Å²) in [5, 5.41) is 21.2. The summed E-state index contributed by atoms with van der Waals surface area (Å²) in [6.07, 6.45) is 58.0. The number of hydrogen-bond donors (Lipinski definition) is 0. The van der Waals surface area contributed by atoms with E-state index >= 15 is 0 Å². The molecular formula is C84H178N12S2Si8Yb2. The first-order valence-electron chi connectivity index (χ1n) is 45.1. The monoisotopic (exact) mass is 1990 g/mol. The van der Waals surface area contributed by atoms with Gasteiger partial charge in [0.25, 0.3) is 0 Å². The van der Waals surface area contributed by atoms with E-state index < -0.39 is 65.9 Å². The summed E-state index contributed by atoms with van der Waals surface area (Å²) in [6.45, 7) is 63.6. The maximum absolute atomic E-state index is 5.31. The molecule has 0 saturated heterocycles. The third-order valence-corrected chi connectivity index (χ3v) is 51.2. The van der Waals surface area contributed by atoms with E-state index in [9.17, 15) is 0 Å². The van der Waals surface area contributed by atoms with Gasteiger partial charge in [-0.15, -0.1) is 0 Å². The molecule has 8 aliphatic carbocycles. The smallest absolute Gasteiger partial charge is 0.793 e. The Balaban J connectivity index is 0.000000685. The molecule has 12 nitrogen and oxygen atoms in total. The van der Waals surface area contributed by atoms with Crippen LogP contribution in [0.2, 0.25) is 157 Å². The molecule has 8 saturated carbocycles. The minimum atomic E-state index is -1.48. The van der Waals surface area contributed by atoms with Crippen LogP contribution in [0, 0.1) is 93.8 Å². The number of guanidine groups is 4. The van der Waals surface area contributed by atoms with E-state index in [2.05, 4.69) is 213 Å². The minimum Gasteiger partial charge on any atom is -0.793 e. The van der Waals surface area contributed by atoms with Crippen LogP contribution in [0.5, 0.6) is 0 Å². The first-order chi connectivity index (χ1) is 49.5. The predicted molar refractivity (Wildman–Crippen MR) is 507 cm³/mol. The van der Waals surface area contributed by atoms with Crippen molar-refractivity contribution >= 4 is 115 Å². The first-order valence-corrected chi connectivity index (χ1v) is 73.8. The average Bonchev–Trinajstić information content (AvgIpc) is 0.817. The largest absolute Gasteiger partial charge is 3.00 e. The fraction of sp³-hybridized carbons (Fsp3) is 0.952. The van der Waals surface area contributed by atoms with Crippen molar-refractivity contribution in [3.8, 4) is 0 Å². The maximum atomic E-state index is 5.31. The molecule has 0 aromatic rings. The van der Waals surface area contributed by atoms with Gasteiger partial charge in [0.1, 0.15) is 0 Å². The van der Waals surface area contributed by atoms with E-state index in [0.717, 1.165) is 35.3 Å². The quantitative estimate of drug-likeness (QED) is 0.0518. The zero-order valence-corrected chi connectivity index (χ0v) is 88.9. The van der Waals surface area contributed by atoms with Crippen LogP contribution >= 0.6 is 0 Å². The summed E-state index contributed by atoms with van der Waals surface area (Å²) in [5.41, 5.74) is 0. The fourth-order valence-corrected chi connectivity index (χ4v) is 56.8. The number of rotatable bonds is 20. The molecule has 646 valence electrons. The molecule has 0 aromatic carbocycles. The van der Waals surface area contributed by atoms with Crippen LogP contribution < -0.4 is 0 Å². The molecule has 24 heteroatoms. The zero-order chi connectivity index (χ0) is 79.4. The topological polar surface area (TPSA) is 119 Å². The Morgan fingerprint density at radius 1 is 0.241 bits per heavy atom. The van der Waals surface area contributed by atoms with E-state index in [1.165, 1.54) is 283 Å². The Morgan fingerprint density at radius 2 is 0.370 bits per heavy atom. The molecule has 108 heavy (non-hydrogen) atoms. The third kappa shape index (κ3) is 45.3. The van der Waals surface area contributed by atoms with Gasteiger partial charge in [0.05, 0.1) is 65.9 Å². The number of nitrogens with zero attached hydrogens (tertiary/aromatic N) is 12. The van der Waals surface area contributed by atoms with Gasteiger partial charge in [-0.3, -0.25) is 0 Å². The summed E-state index contributed by atoms with van der Waals surface area (Å²) < 4.78 is 11.0. The molecule has 0 aliphatic heterocycles. The molecule has 8 aliphatic rings. The van der Waals surface area contributed by atoms with Gasteiger partial charge in [0, 0.05) is 23.8 Å². The Morgan fingerprint density at radius 3 is 0.472 bits per heavy atom. The SMILES string of the molecule is CCCC[S-].CCCC[S-].C[Si](C)(C)N(C(=NC1CCCCC1)[N-]C1CCCCC1)[Si](C)(C)C.C[Si](C)(C)N(C(=NC1CCCCC1)[N-]C1CCCCC1)[Si](C)(C)C.C[Si](C)(C)N(C(=NC1CCCCC1)[N-]C1CCCCC1)[Si](C)(C)C.C[Si](C)(C)N(C(=NC1CCCCC1)[N-]C1CCCCC1)[Si](C)(C)C.[Yb+3].[Yb+3]. The molecular weight excluding hydrogens is 1810 g/mol. The second-order valence-corrected chi connectivity index (χ2v) is 82.3. The van der Waals surface area contributed by atoms with E-state index in [4.69, 9.17) is 41.2 Å². The third-order valence-electron chi connectivity index (χ3n) is 22.1. The Bertz CT molecular complexity index is 2040. The van der Waals surface area contributed by atoms with E-state index in [1.54, 1.807) is 0 Å². The van der Waals surface area contributed by atoms with Crippen molar-refractivity contribution in [1.82, 2.24) is 16.9 Å². The van der Waals surface area contributed by atoms with Crippen LogP contribution in [-0.2, 0) is 25.3 Å².